The van der Waals surface area contributed by atoms with Crippen molar-refractivity contribution in [3.05, 3.63) is 28.2 Å². The lowest BCUT2D eigenvalue weighted by atomic mass is 10.1. The van der Waals surface area contributed by atoms with Gasteiger partial charge in [0.15, 0.2) is 0 Å². The van der Waals surface area contributed by atoms with Crippen LogP contribution in [0.3, 0.4) is 0 Å². The topological polar surface area (TPSA) is 26.7 Å². The lowest BCUT2D eigenvalue weighted by Crippen LogP contribution is -2.40. The molecule has 1 aromatic carbocycles. The number of anilines is 1. The molecule has 102 valence electrons. The van der Waals surface area contributed by atoms with Gasteiger partial charge in [0.2, 0.25) is 0 Å². The van der Waals surface area contributed by atoms with Crippen LogP contribution >= 0.6 is 15.9 Å². The van der Waals surface area contributed by atoms with Crippen molar-refractivity contribution in [1.29, 1.82) is 0 Å². The van der Waals surface area contributed by atoms with Crippen LogP contribution < -0.4 is 4.90 Å². The van der Waals surface area contributed by atoms with E-state index in [2.05, 4.69) is 59.7 Å². The van der Waals surface area contributed by atoms with Crippen LogP contribution in [0, 0.1) is 0 Å². The predicted molar refractivity (Wildman–Crippen MR) is 81.1 cm³/mol. The van der Waals surface area contributed by atoms with Crippen LogP contribution in [0.5, 0.6) is 0 Å². The lowest BCUT2D eigenvalue weighted by molar-refractivity contribution is 0.282. The molecule has 1 unspecified atom stereocenters. The van der Waals surface area contributed by atoms with Crippen molar-refractivity contribution in [2.45, 2.75) is 26.5 Å². The average molecular weight is 315 g/mol. The van der Waals surface area contributed by atoms with Crippen LogP contribution in [0.1, 0.15) is 19.4 Å². The van der Waals surface area contributed by atoms with Gasteiger partial charge in [-0.3, -0.25) is 0 Å². The highest BCUT2D eigenvalue weighted by molar-refractivity contribution is 9.10. The van der Waals surface area contributed by atoms with E-state index in [1.807, 2.05) is 12.1 Å². The number of hydrogen-bond acceptors (Lipinski definition) is 3. The Morgan fingerprint density at radius 3 is 2.44 bits per heavy atom. The zero-order chi connectivity index (χ0) is 13.7. The largest absolute Gasteiger partial charge is 0.392 e. The molecule has 0 amide bonds. The number of nitrogens with zero attached hydrogens (tertiary/aromatic N) is 2. The molecule has 0 aliphatic carbocycles. The zero-order valence-corrected chi connectivity index (χ0v) is 13.2. The van der Waals surface area contributed by atoms with E-state index in [1.54, 1.807) is 0 Å². The summed E-state index contributed by atoms with van der Waals surface area (Å²) in [5.74, 6) is 0. The van der Waals surface area contributed by atoms with Gasteiger partial charge < -0.3 is 14.9 Å². The quantitative estimate of drug-likeness (QED) is 0.874. The molecule has 0 fully saturated rings. The molecular weight excluding hydrogens is 292 g/mol. The molecule has 0 bridgehead atoms. The van der Waals surface area contributed by atoms with Gasteiger partial charge in [-0.25, -0.2) is 0 Å². The summed E-state index contributed by atoms with van der Waals surface area (Å²) in [4.78, 5) is 4.56. The molecule has 0 saturated heterocycles. The third-order valence-corrected chi connectivity index (χ3v) is 3.64. The summed E-state index contributed by atoms with van der Waals surface area (Å²) in [6, 6.07) is 6.48. The molecule has 3 nitrogen and oxygen atoms in total. The maximum absolute atomic E-state index is 9.14. The summed E-state index contributed by atoms with van der Waals surface area (Å²) >= 11 is 3.60. The van der Waals surface area contributed by atoms with Crippen LogP contribution in [-0.4, -0.2) is 43.2 Å². The highest BCUT2D eigenvalue weighted by Gasteiger charge is 2.16. The Hall–Kier alpha value is -0.580. The van der Waals surface area contributed by atoms with E-state index in [0.29, 0.717) is 6.04 Å². The van der Waals surface area contributed by atoms with E-state index in [1.165, 1.54) is 5.69 Å². The Bertz CT molecular complexity index is 382. The minimum atomic E-state index is 0.0816. The number of rotatable bonds is 6. The molecule has 1 atom stereocenters. The maximum Gasteiger partial charge on any atom is 0.0682 e. The van der Waals surface area contributed by atoms with E-state index < -0.39 is 0 Å². The monoisotopic (exact) mass is 314 g/mol. The van der Waals surface area contributed by atoms with Crippen LogP contribution in [0.2, 0.25) is 0 Å². The average Bonchev–Trinajstić information content (AvgIpc) is 2.31. The van der Waals surface area contributed by atoms with Crippen molar-refractivity contribution in [3.63, 3.8) is 0 Å². The van der Waals surface area contributed by atoms with Gasteiger partial charge in [0.1, 0.15) is 0 Å². The zero-order valence-electron chi connectivity index (χ0n) is 11.7. The van der Waals surface area contributed by atoms with E-state index in [9.17, 15) is 0 Å². The fourth-order valence-electron chi connectivity index (χ4n) is 2.23. The van der Waals surface area contributed by atoms with Crippen LogP contribution in [0.4, 0.5) is 5.69 Å². The molecule has 1 rings (SSSR count). The Morgan fingerprint density at radius 1 is 1.33 bits per heavy atom. The van der Waals surface area contributed by atoms with Gasteiger partial charge in [-0.2, -0.15) is 0 Å². The second-order valence-electron chi connectivity index (χ2n) is 4.84. The van der Waals surface area contributed by atoms with E-state index in [-0.39, 0.29) is 6.61 Å². The Balaban J connectivity index is 2.94. The van der Waals surface area contributed by atoms with Gasteiger partial charge in [-0.1, -0.05) is 6.07 Å². The summed E-state index contributed by atoms with van der Waals surface area (Å²) in [5.41, 5.74) is 2.12. The number of aliphatic hydroxyl groups is 1. The number of likely N-dealkylation sites (N-methyl/N-ethyl adjacent to an activating group) is 2. The van der Waals surface area contributed by atoms with Gasteiger partial charge in [0.25, 0.3) is 0 Å². The number of aliphatic hydroxyl groups excluding tert-OH is 1. The minimum absolute atomic E-state index is 0.0816. The summed E-state index contributed by atoms with van der Waals surface area (Å²) in [6.07, 6.45) is 0. The van der Waals surface area contributed by atoms with Gasteiger partial charge >= 0.3 is 0 Å². The van der Waals surface area contributed by atoms with E-state index in [4.69, 9.17) is 5.11 Å². The van der Waals surface area contributed by atoms with Crippen LogP contribution in [-0.2, 0) is 6.61 Å². The Morgan fingerprint density at radius 2 is 2.00 bits per heavy atom. The molecule has 0 aliphatic heterocycles. The second-order valence-corrected chi connectivity index (χ2v) is 5.70. The van der Waals surface area contributed by atoms with E-state index in [0.717, 1.165) is 23.1 Å². The minimum Gasteiger partial charge on any atom is -0.392 e. The SMILES string of the molecule is CCN(c1ccc(CO)cc1Br)C(C)CN(C)C. The first-order valence-corrected chi connectivity index (χ1v) is 7.09. The Kier molecular flexibility index (Phi) is 6.12. The first-order chi connectivity index (χ1) is 8.49. The van der Waals surface area contributed by atoms with E-state index >= 15 is 0 Å². The Labute approximate surface area is 119 Å². The molecule has 18 heavy (non-hydrogen) atoms. The molecule has 0 spiro atoms. The molecule has 1 N–H and O–H groups in total. The first-order valence-electron chi connectivity index (χ1n) is 6.30. The smallest absolute Gasteiger partial charge is 0.0682 e. The van der Waals surface area contributed by atoms with Gasteiger partial charge in [-0.05, 0) is 61.6 Å². The predicted octanol–water partition coefficient (Wildman–Crippen LogP) is 2.72. The molecule has 0 aliphatic rings. The standard InChI is InChI=1S/C14H23BrN2O/c1-5-17(11(2)9-16(3)4)14-7-6-12(10-18)8-13(14)15/h6-8,11,18H,5,9-10H2,1-4H3. The molecule has 1 aromatic rings. The molecule has 4 heteroatoms. The van der Waals surface area contributed by atoms with Crippen molar-refractivity contribution < 1.29 is 5.11 Å². The maximum atomic E-state index is 9.14. The highest BCUT2D eigenvalue weighted by atomic mass is 79.9. The third-order valence-electron chi connectivity index (χ3n) is 3.01. The molecule has 0 saturated carbocycles. The molecule has 0 heterocycles. The summed E-state index contributed by atoms with van der Waals surface area (Å²) in [6.45, 7) is 6.46. The summed E-state index contributed by atoms with van der Waals surface area (Å²) in [5, 5.41) is 9.14. The summed E-state index contributed by atoms with van der Waals surface area (Å²) in [7, 11) is 4.18. The van der Waals surface area contributed by atoms with Crippen LogP contribution in [0.15, 0.2) is 22.7 Å². The first kappa shape index (κ1) is 15.5. The van der Waals surface area contributed by atoms with Crippen molar-refractivity contribution in [2.75, 3.05) is 32.1 Å². The van der Waals surface area contributed by atoms with Crippen molar-refractivity contribution in [2.24, 2.45) is 0 Å². The lowest BCUT2D eigenvalue weighted by Gasteiger charge is -2.33. The fourth-order valence-corrected chi connectivity index (χ4v) is 2.88. The van der Waals surface area contributed by atoms with Gasteiger partial charge in [-0.15, -0.1) is 0 Å². The fraction of sp³-hybridized carbons (Fsp3) is 0.571. The number of benzene rings is 1. The van der Waals surface area contributed by atoms with Gasteiger partial charge in [0.05, 0.1) is 12.3 Å². The molecule has 0 radical (unpaired) electrons. The summed E-state index contributed by atoms with van der Waals surface area (Å²) < 4.78 is 1.04. The van der Waals surface area contributed by atoms with Crippen LogP contribution in [0.25, 0.3) is 0 Å². The number of halogens is 1. The molecule has 0 aromatic heterocycles. The molecular formula is C14H23BrN2O. The third kappa shape index (κ3) is 3.97. The van der Waals surface area contributed by atoms with Gasteiger partial charge in [0, 0.05) is 23.6 Å². The van der Waals surface area contributed by atoms with Crippen molar-refractivity contribution >= 4 is 21.6 Å². The van der Waals surface area contributed by atoms with Crippen molar-refractivity contribution in [3.8, 4) is 0 Å². The van der Waals surface area contributed by atoms with Crippen molar-refractivity contribution in [1.82, 2.24) is 4.90 Å². The number of hydrogen-bond donors (Lipinski definition) is 1. The normalized spacial score (nSPS) is 12.8. The second kappa shape index (κ2) is 7.12. The highest BCUT2D eigenvalue weighted by Crippen LogP contribution is 2.28.